The summed E-state index contributed by atoms with van der Waals surface area (Å²) in [7, 11) is 0. The van der Waals surface area contributed by atoms with Crippen LogP contribution in [-0.4, -0.2) is 46.3 Å². The minimum Gasteiger partial charge on any atom is -0.364 e. The zero-order chi connectivity index (χ0) is 22.0. The molecule has 0 saturated carbocycles. The number of rotatable bonds is 3. The molecule has 4 aliphatic rings. The number of nitrogens with one attached hydrogen (secondary N) is 1. The minimum atomic E-state index is -0.0658. The number of anilines is 1. The lowest BCUT2D eigenvalue weighted by atomic mass is 9.73. The zero-order valence-corrected chi connectivity index (χ0v) is 19.2. The number of nitrogens with zero attached hydrogens (tertiary/aromatic N) is 2. The molecule has 1 amide bonds. The molecule has 0 bridgehead atoms. The van der Waals surface area contributed by atoms with Crippen LogP contribution in [0.15, 0.2) is 84.9 Å². The van der Waals surface area contributed by atoms with Crippen LogP contribution in [-0.2, 0) is 16.8 Å². The molecule has 1 N–H and O–H groups in total. The van der Waals surface area contributed by atoms with Gasteiger partial charge in [0.2, 0.25) is 5.91 Å². The molecule has 166 valence electrons. The highest BCUT2D eigenvalue weighted by molar-refractivity contribution is 8.00. The van der Waals surface area contributed by atoms with Gasteiger partial charge in [0.25, 0.3) is 0 Å². The molecular formula is C28H27N3OS. The summed E-state index contributed by atoms with van der Waals surface area (Å²) in [4.78, 5) is 18.4. The van der Waals surface area contributed by atoms with Crippen molar-refractivity contribution >= 4 is 23.4 Å². The Kier molecular flexibility index (Phi) is 4.40. The smallest absolute Gasteiger partial charge is 0.234 e. The first kappa shape index (κ1) is 19.7. The van der Waals surface area contributed by atoms with Gasteiger partial charge in [0.1, 0.15) is 6.17 Å². The first-order chi connectivity index (χ1) is 16.3. The van der Waals surface area contributed by atoms with Crippen molar-refractivity contribution in [1.29, 1.82) is 0 Å². The fourth-order valence-corrected chi connectivity index (χ4v) is 8.32. The molecule has 4 aliphatic heterocycles. The van der Waals surface area contributed by atoms with Gasteiger partial charge in [-0.1, -0.05) is 78.9 Å². The number of para-hydroxylation sites is 1. The van der Waals surface area contributed by atoms with Gasteiger partial charge in [-0.2, -0.15) is 0 Å². The van der Waals surface area contributed by atoms with Crippen molar-refractivity contribution in [3.8, 4) is 0 Å². The number of fused-ring (bicyclic) bond motifs is 4. The van der Waals surface area contributed by atoms with Crippen LogP contribution in [0.5, 0.6) is 0 Å². The van der Waals surface area contributed by atoms with E-state index in [9.17, 15) is 4.79 Å². The van der Waals surface area contributed by atoms with E-state index in [1.807, 2.05) is 11.8 Å². The average molecular weight is 454 g/mol. The summed E-state index contributed by atoms with van der Waals surface area (Å²) in [5.74, 6) is 0.822. The molecule has 0 aliphatic carbocycles. The molecule has 7 rings (SSSR count). The Morgan fingerprint density at radius 1 is 0.939 bits per heavy atom. The van der Waals surface area contributed by atoms with Gasteiger partial charge in [-0.05, 0) is 35.7 Å². The number of hydrogen-bond acceptors (Lipinski definition) is 4. The molecule has 3 saturated heterocycles. The van der Waals surface area contributed by atoms with Gasteiger partial charge in [0, 0.05) is 18.3 Å². The van der Waals surface area contributed by atoms with Gasteiger partial charge in [0.15, 0.2) is 0 Å². The van der Waals surface area contributed by atoms with Gasteiger partial charge in [-0.25, -0.2) is 0 Å². The number of thioether (sulfide) groups is 1. The summed E-state index contributed by atoms with van der Waals surface area (Å²) >= 11 is 1.83. The minimum absolute atomic E-state index is 0.0327. The highest BCUT2D eigenvalue weighted by Crippen LogP contribution is 2.62. The molecule has 0 unspecified atom stereocenters. The van der Waals surface area contributed by atoms with E-state index in [4.69, 9.17) is 0 Å². The molecule has 33 heavy (non-hydrogen) atoms. The van der Waals surface area contributed by atoms with Crippen molar-refractivity contribution in [3.05, 3.63) is 102 Å². The first-order valence-corrected chi connectivity index (χ1v) is 12.9. The quantitative estimate of drug-likeness (QED) is 0.626. The maximum absolute atomic E-state index is 13.5. The standard InChI is InChI=1S/C28H27N3OS/c32-23-18-33-25(20-11-5-2-6-12-20)24-26-28(15-16-30(26)17-19-9-3-1-4-10-19)21-13-7-8-14-22(21)29-27(28)31(23)24/h1-14,24-27,29H,15-18H2/t24-,25-,26+,27+,28-/m1/s1. The van der Waals surface area contributed by atoms with E-state index >= 15 is 0 Å². The molecule has 5 atom stereocenters. The lowest BCUT2D eigenvalue weighted by molar-refractivity contribution is -0.132. The normalized spacial score (nSPS) is 32.1. The number of hydrogen-bond donors (Lipinski definition) is 1. The van der Waals surface area contributed by atoms with Crippen molar-refractivity contribution in [2.24, 2.45) is 0 Å². The summed E-state index contributed by atoms with van der Waals surface area (Å²) in [6, 6.07) is 30.8. The van der Waals surface area contributed by atoms with Gasteiger partial charge in [-0.15, -0.1) is 11.8 Å². The van der Waals surface area contributed by atoms with Crippen molar-refractivity contribution in [2.75, 3.05) is 17.6 Å². The van der Waals surface area contributed by atoms with Crippen LogP contribution in [0.25, 0.3) is 0 Å². The van der Waals surface area contributed by atoms with Crippen LogP contribution in [0, 0.1) is 0 Å². The second-order valence-electron chi connectivity index (χ2n) is 9.72. The lowest BCUT2D eigenvalue weighted by Crippen LogP contribution is -2.54. The third-order valence-electron chi connectivity index (χ3n) is 8.21. The van der Waals surface area contributed by atoms with E-state index in [0.29, 0.717) is 5.75 Å². The maximum atomic E-state index is 13.5. The second-order valence-corrected chi connectivity index (χ2v) is 10.8. The average Bonchev–Trinajstić information content (AvgIpc) is 3.47. The van der Waals surface area contributed by atoms with E-state index in [2.05, 4.69) is 100 Å². The van der Waals surface area contributed by atoms with E-state index in [0.717, 1.165) is 19.5 Å². The zero-order valence-electron chi connectivity index (χ0n) is 18.4. The Morgan fingerprint density at radius 2 is 1.67 bits per heavy atom. The highest BCUT2D eigenvalue weighted by atomic mass is 32.2. The van der Waals surface area contributed by atoms with Gasteiger partial charge < -0.3 is 10.2 Å². The third-order valence-corrected chi connectivity index (χ3v) is 9.53. The molecule has 0 aromatic heterocycles. The predicted octanol–water partition coefficient (Wildman–Crippen LogP) is 4.65. The number of amides is 1. The molecule has 5 heteroatoms. The van der Waals surface area contributed by atoms with Crippen molar-refractivity contribution in [1.82, 2.24) is 9.80 Å². The number of likely N-dealkylation sites (tertiary alicyclic amines) is 1. The molecule has 3 fully saturated rings. The van der Waals surface area contributed by atoms with Crippen LogP contribution < -0.4 is 5.32 Å². The second kappa shape index (κ2) is 7.37. The Bertz CT molecular complexity index is 1200. The molecule has 3 aromatic carbocycles. The molecule has 3 aromatic rings. The van der Waals surface area contributed by atoms with Crippen LogP contribution in [0.3, 0.4) is 0 Å². The van der Waals surface area contributed by atoms with Crippen LogP contribution in [0.2, 0.25) is 0 Å². The lowest BCUT2D eigenvalue weighted by Gasteiger charge is -2.43. The Balaban J connectivity index is 1.39. The Hall–Kier alpha value is -2.76. The maximum Gasteiger partial charge on any atom is 0.234 e. The summed E-state index contributed by atoms with van der Waals surface area (Å²) < 4.78 is 0. The topological polar surface area (TPSA) is 35.6 Å². The van der Waals surface area contributed by atoms with E-state index < -0.39 is 0 Å². The fraction of sp³-hybridized carbons (Fsp3) is 0.321. The molecule has 4 heterocycles. The van der Waals surface area contributed by atoms with Gasteiger partial charge in [-0.3, -0.25) is 9.69 Å². The summed E-state index contributed by atoms with van der Waals surface area (Å²) in [5, 5.41) is 4.09. The first-order valence-electron chi connectivity index (χ1n) is 11.9. The third kappa shape index (κ3) is 2.72. The molecule has 1 spiro atoms. The van der Waals surface area contributed by atoms with Gasteiger partial charge >= 0.3 is 0 Å². The fourth-order valence-electron chi connectivity index (χ4n) is 7.02. The molecule has 0 radical (unpaired) electrons. The van der Waals surface area contributed by atoms with Crippen molar-refractivity contribution in [3.63, 3.8) is 0 Å². The monoisotopic (exact) mass is 453 g/mol. The Labute approximate surface area is 199 Å². The van der Waals surface area contributed by atoms with Crippen LogP contribution >= 0.6 is 11.8 Å². The SMILES string of the molecule is O=C1CS[C@H](c2ccccc2)[C@@H]2[C@@H]3N(Cc4ccccc4)CC[C@@]34c3ccccc3N[C@H]4N12. The summed E-state index contributed by atoms with van der Waals surface area (Å²) in [5.41, 5.74) is 5.21. The van der Waals surface area contributed by atoms with Gasteiger partial charge in [0.05, 0.1) is 22.5 Å². The Morgan fingerprint density at radius 3 is 2.48 bits per heavy atom. The number of carbonyl (C=O) groups is 1. The number of benzene rings is 3. The summed E-state index contributed by atoms with van der Waals surface area (Å²) in [6.07, 6.45) is 1.11. The van der Waals surface area contributed by atoms with Crippen LogP contribution in [0.1, 0.15) is 28.4 Å². The predicted molar refractivity (Wildman–Crippen MR) is 133 cm³/mol. The van der Waals surface area contributed by atoms with E-state index in [1.165, 1.54) is 22.4 Å². The van der Waals surface area contributed by atoms with E-state index in [1.54, 1.807) is 0 Å². The summed E-state index contributed by atoms with van der Waals surface area (Å²) in [6.45, 7) is 1.98. The molecule has 4 nitrogen and oxygen atoms in total. The largest absolute Gasteiger partial charge is 0.364 e. The highest BCUT2D eigenvalue weighted by Gasteiger charge is 2.70. The van der Waals surface area contributed by atoms with Crippen molar-refractivity contribution < 1.29 is 4.79 Å². The number of carbonyl (C=O) groups excluding carboxylic acids is 1. The van der Waals surface area contributed by atoms with Crippen molar-refractivity contribution in [2.45, 2.75) is 41.9 Å². The van der Waals surface area contributed by atoms with E-state index in [-0.39, 0.29) is 34.8 Å². The molecular weight excluding hydrogens is 426 g/mol. The van der Waals surface area contributed by atoms with Crippen LogP contribution in [0.4, 0.5) is 5.69 Å².